The lowest BCUT2D eigenvalue weighted by molar-refractivity contribution is 0.101. The second-order valence-corrected chi connectivity index (χ2v) is 7.58. The highest BCUT2D eigenvalue weighted by Crippen LogP contribution is 2.29. The average Bonchev–Trinajstić information content (AvgIpc) is 3.20. The van der Waals surface area contributed by atoms with Gasteiger partial charge in [0, 0.05) is 23.5 Å². The maximum Gasteiger partial charge on any atom is 0.280 e. The Balaban J connectivity index is 1.63. The van der Waals surface area contributed by atoms with Gasteiger partial charge in [-0.15, -0.1) is 0 Å². The molecular formula is C25H21N5O2. The van der Waals surface area contributed by atoms with Crippen molar-refractivity contribution in [3.8, 4) is 11.1 Å². The van der Waals surface area contributed by atoms with Gasteiger partial charge in [-0.05, 0) is 36.6 Å². The number of benzene rings is 2. The van der Waals surface area contributed by atoms with Crippen LogP contribution in [0.2, 0.25) is 0 Å². The second-order valence-electron chi connectivity index (χ2n) is 7.58. The van der Waals surface area contributed by atoms with Gasteiger partial charge in [0.1, 0.15) is 0 Å². The van der Waals surface area contributed by atoms with Crippen molar-refractivity contribution in [3.05, 3.63) is 100 Å². The van der Waals surface area contributed by atoms with E-state index in [1.807, 2.05) is 56.3 Å². The maximum absolute atomic E-state index is 13.1. The number of fused-ring (bicyclic) bond motifs is 3. The molecule has 7 heteroatoms. The third kappa shape index (κ3) is 3.15. The molecule has 0 aliphatic carbocycles. The summed E-state index contributed by atoms with van der Waals surface area (Å²) >= 11 is 0. The Morgan fingerprint density at radius 2 is 1.78 bits per heavy atom. The van der Waals surface area contributed by atoms with Crippen LogP contribution in [-0.2, 0) is 6.42 Å². The molecule has 5 rings (SSSR count). The van der Waals surface area contributed by atoms with Crippen LogP contribution in [0.1, 0.15) is 28.5 Å². The SMILES string of the molecule is CCc1nn2c(ncc3c(=O)n(NC(=O)c4ccccc4C)ccc32)c1-c1ccccc1. The summed E-state index contributed by atoms with van der Waals surface area (Å²) in [5, 5.41) is 5.12. The normalized spacial score (nSPS) is 11.2. The first kappa shape index (κ1) is 19.7. The molecule has 0 fully saturated rings. The smallest absolute Gasteiger partial charge is 0.267 e. The van der Waals surface area contributed by atoms with Crippen LogP contribution in [0.3, 0.4) is 0 Å². The zero-order chi connectivity index (χ0) is 22.2. The number of aromatic nitrogens is 4. The van der Waals surface area contributed by atoms with E-state index in [-0.39, 0.29) is 11.5 Å². The summed E-state index contributed by atoms with van der Waals surface area (Å²) in [6, 6.07) is 19.0. The van der Waals surface area contributed by atoms with Crippen molar-refractivity contribution >= 4 is 22.5 Å². The number of hydrogen-bond donors (Lipinski definition) is 1. The van der Waals surface area contributed by atoms with Gasteiger partial charge < -0.3 is 0 Å². The van der Waals surface area contributed by atoms with Crippen LogP contribution >= 0.6 is 0 Å². The number of amides is 1. The zero-order valence-electron chi connectivity index (χ0n) is 17.7. The zero-order valence-corrected chi connectivity index (χ0v) is 17.7. The van der Waals surface area contributed by atoms with Gasteiger partial charge in [-0.1, -0.05) is 55.5 Å². The lowest BCUT2D eigenvalue weighted by atomic mass is 10.0. The Morgan fingerprint density at radius 1 is 1.03 bits per heavy atom. The number of nitrogens with zero attached hydrogens (tertiary/aromatic N) is 4. The second kappa shape index (κ2) is 7.77. The molecular weight excluding hydrogens is 402 g/mol. The quantitative estimate of drug-likeness (QED) is 0.474. The van der Waals surface area contributed by atoms with E-state index in [4.69, 9.17) is 5.10 Å². The Hall–Kier alpha value is -4.26. The molecule has 0 saturated heterocycles. The highest BCUT2D eigenvalue weighted by atomic mass is 16.2. The first-order valence-electron chi connectivity index (χ1n) is 10.4. The average molecular weight is 423 g/mol. The molecule has 0 bridgehead atoms. The molecule has 5 aromatic rings. The van der Waals surface area contributed by atoms with E-state index in [9.17, 15) is 9.59 Å². The van der Waals surface area contributed by atoms with Gasteiger partial charge in [0.05, 0.1) is 16.6 Å². The summed E-state index contributed by atoms with van der Waals surface area (Å²) in [5.74, 6) is -0.350. The summed E-state index contributed by atoms with van der Waals surface area (Å²) in [4.78, 5) is 30.4. The third-order valence-corrected chi connectivity index (χ3v) is 5.59. The number of nitrogens with one attached hydrogen (secondary N) is 1. The van der Waals surface area contributed by atoms with Crippen molar-refractivity contribution < 1.29 is 4.79 Å². The molecule has 0 aliphatic heterocycles. The lowest BCUT2D eigenvalue weighted by Gasteiger charge is -2.11. The first-order chi connectivity index (χ1) is 15.6. The molecule has 0 unspecified atom stereocenters. The third-order valence-electron chi connectivity index (χ3n) is 5.59. The molecule has 3 aromatic heterocycles. The number of rotatable bonds is 4. The van der Waals surface area contributed by atoms with Crippen LogP contribution in [0.25, 0.3) is 27.7 Å². The van der Waals surface area contributed by atoms with Crippen molar-refractivity contribution in [2.75, 3.05) is 5.43 Å². The molecule has 0 radical (unpaired) electrons. The Kier molecular flexibility index (Phi) is 4.78. The fourth-order valence-corrected chi connectivity index (χ4v) is 3.95. The van der Waals surface area contributed by atoms with E-state index in [1.165, 1.54) is 4.68 Å². The number of aryl methyl sites for hydroxylation is 2. The lowest BCUT2D eigenvalue weighted by Crippen LogP contribution is -2.33. The van der Waals surface area contributed by atoms with Gasteiger partial charge in [0.15, 0.2) is 5.65 Å². The monoisotopic (exact) mass is 423 g/mol. The topological polar surface area (TPSA) is 81.3 Å². The van der Waals surface area contributed by atoms with Crippen LogP contribution in [-0.4, -0.2) is 25.2 Å². The Bertz CT molecular complexity index is 1530. The van der Waals surface area contributed by atoms with E-state index in [0.717, 1.165) is 28.8 Å². The van der Waals surface area contributed by atoms with E-state index in [2.05, 4.69) is 10.4 Å². The molecule has 0 spiro atoms. The summed E-state index contributed by atoms with van der Waals surface area (Å²) < 4.78 is 2.90. The van der Waals surface area contributed by atoms with Crippen LogP contribution in [0.15, 0.2) is 77.9 Å². The standard InChI is InChI=1S/C25H21N5O2/c1-3-20-22(17-10-5-4-6-11-17)23-26-15-19-21(30(23)27-20)13-14-29(25(19)32)28-24(31)18-12-8-7-9-16(18)2/h4-15H,3H2,1-2H3,(H,28,31). The molecule has 1 amide bonds. The minimum absolute atomic E-state index is 0.350. The molecule has 32 heavy (non-hydrogen) atoms. The first-order valence-corrected chi connectivity index (χ1v) is 10.4. The molecule has 2 aromatic carbocycles. The fourth-order valence-electron chi connectivity index (χ4n) is 3.95. The van der Waals surface area contributed by atoms with E-state index in [1.54, 1.807) is 35.1 Å². The predicted octanol–water partition coefficient (Wildman–Crippen LogP) is 3.97. The minimum Gasteiger partial charge on any atom is -0.267 e. The van der Waals surface area contributed by atoms with Crippen molar-refractivity contribution in [3.63, 3.8) is 0 Å². The maximum atomic E-state index is 13.1. The summed E-state index contributed by atoms with van der Waals surface area (Å²) in [6.45, 7) is 3.90. The molecule has 0 saturated carbocycles. The largest absolute Gasteiger partial charge is 0.280 e. The molecule has 0 aliphatic rings. The Labute approximate surface area is 183 Å². The number of carbonyl (C=O) groups excluding carboxylic acids is 1. The predicted molar refractivity (Wildman–Crippen MR) is 124 cm³/mol. The van der Waals surface area contributed by atoms with Crippen molar-refractivity contribution in [2.45, 2.75) is 20.3 Å². The summed E-state index contributed by atoms with van der Waals surface area (Å²) in [5.41, 5.74) is 7.89. The van der Waals surface area contributed by atoms with Gasteiger partial charge in [0.25, 0.3) is 11.5 Å². The van der Waals surface area contributed by atoms with E-state index >= 15 is 0 Å². The fraction of sp³-hybridized carbons (Fsp3) is 0.120. The number of hydrogen-bond acceptors (Lipinski definition) is 4. The van der Waals surface area contributed by atoms with E-state index < -0.39 is 0 Å². The van der Waals surface area contributed by atoms with Crippen molar-refractivity contribution in [1.29, 1.82) is 0 Å². The Morgan fingerprint density at radius 3 is 2.53 bits per heavy atom. The van der Waals surface area contributed by atoms with Crippen LogP contribution in [0, 0.1) is 6.92 Å². The van der Waals surface area contributed by atoms with E-state index in [0.29, 0.717) is 22.1 Å². The van der Waals surface area contributed by atoms with Crippen molar-refractivity contribution in [2.24, 2.45) is 0 Å². The number of pyridine rings is 1. The molecule has 0 atom stereocenters. The van der Waals surface area contributed by atoms with Gasteiger partial charge >= 0.3 is 0 Å². The van der Waals surface area contributed by atoms with Gasteiger partial charge in [-0.2, -0.15) is 5.10 Å². The summed E-state index contributed by atoms with van der Waals surface area (Å²) in [7, 11) is 0. The molecule has 158 valence electrons. The van der Waals surface area contributed by atoms with Crippen LogP contribution in [0.5, 0.6) is 0 Å². The molecule has 3 heterocycles. The van der Waals surface area contributed by atoms with Crippen molar-refractivity contribution in [1.82, 2.24) is 19.3 Å². The number of carbonyl (C=O) groups is 1. The van der Waals surface area contributed by atoms with Crippen LogP contribution in [0.4, 0.5) is 0 Å². The molecule has 7 nitrogen and oxygen atoms in total. The summed E-state index contributed by atoms with van der Waals surface area (Å²) in [6.07, 6.45) is 3.84. The van der Waals surface area contributed by atoms with Crippen LogP contribution < -0.4 is 11.0 Å². The highest BCUT2D eigenvalue weighted by Gasteiger charge is 2.18. The minimum atomic E-state index is -0.367. The van der Waals surface area contributed by atoms with Gasteiger partial charge in [-0.25, -0.2) is 14.2 Å². The highest BCUT2D eigenvalue weighted by molar-refractivity contribution is 6.01. The van der Waals surface area contributed by atoms with Gasteiger partial charge in [0.2, 0.25) is 0 Å². The van der Waals surface area contributed by atoms with Gasteiger partial charge in [-0.3, -0.25) is 15.0 Å². The molecule has 1 N–H and O–H groups in total.